The van der Waals surface area contributed by atoms with Crippen LogP contribution in [0.1, 0.15) is 5.69 Å². The number of aromatic nitrogens is 4. The third-order valence-electron chi connectivity index (χ3n) is 2.33. The molecule has 3 rings (SSSR count). The van der Waals surface area contributed by atoms with Gasteiger partial charge in [-0.2, -0.15) is 13.2 Å². The fourth-order valence-electron chi connectivity index (χ4n) is 1.45. The third kappa shape index (κ3) is 2.54. The zero-order chi connectivity index (χ0) is 14.2. The maximum atomic E-state index is 12.5. The molecule has 3 aromatic heterocycles. The molecule has 0 aliphatic heterocycles. The number of hydrogen-bond donors (Lipinski definition) is 0. The van der Waals surface area contributed by atoms with Crippen molar-refractivity contribution in [1.29, 1.82) is 0 Å². The minimum Gasteiger partial charge on any atom is -0.252 e. The lowest BCUT2D eigenvalue weighted by molar-refractivity contribution is -0.140. The zero-order valence-corrected chi connectivity index (χ0v) is 11.3. The molecule has 0 unspecified atom stereocenters. The van der Waals surface area contributed by atoms with Crippen molar-refractivity contribution in [3.63, 3.8) is 0 Å². The van der Waals surface area contributed by atoms with Crippen molar-refractivity contribution in [1.82, 2.24) is 19.9 Å². The van der Waals surface area contributed by atoms with Gasteiger partial charge in [-0.25, -0.2) is 15.0 Å². The summed E-state index contributed by atoms with van der Waals surface area (Å²) in [4.78, 5) is 16.5. The first-order chi connectivity index (χ1) is 9.54. The van der Waals surface area contributed by atoms with Crippen LogP contribution in [0.3, 0.4) is 0 Å². The summed E-state index contributed by atoms with van der Waals surface area (Å²) >= 11 is 2.26. The summed E-state index contributed by atoms with van der Waals surface area (Å²) < 4.78 is 37.5. The average molecular weight is 314 g/mol. The summed E-state index contributed by atoms with van der Waals surface area (Å²) in [7, 11) is 0. The first-order valence-electron chi connectivity index (χ1n) is 5.29. The van der Waals surface area contributed by atoms with E-state index >= 15 is 0 Å². The molecule has 0 N–H and O–H groups in total. The Morgan fingerprint density at radius 1 is 1.10 bits per heavy atom. The molecule has 9 heteroatoms. The Kier molecular flexibility index (Phi) is 3.22. The Morgan fingerprint density at radius 3 is 2.60 bits per heavy atom. The van der Waals surface area contributed by atoms with E-state index in [0.717, 1.165) is 21.6 Å². The quantitative estimate of drug-likeness (QED) is 0.723. The van der Waals surface area contributed by atoms with Gasteiger partial charge in [-0.15, -0.1) is 22.7 Å². The second-order valence-corrected chi connectivity index (χ2v) is 5.41. The topological polar surface area (TPSA) is 51.6 Å². The fourth-order valence-corrected chi connectivity index (χ4v) is 2.80. The lowest BCUT2D eigenvalue weighted by Crippen LogP contribution is -2.05. The minimum absolute atomic E-state index is 0.142. The summed E-state index contributed by atoms with van der Waals surface area (Å²) in [6.45, 7) is 0. The predicted octanol–water partition coefficient (Wildman–Crippen LogP) is 3.74. The highest BCUT2D eigenvalue weighted by Crippen LogP contribution is 2.33. The lowest BCUT2D eigenvalue weighted by atomic mass is 10.3. The Bertz CT molecular complexity index is 721. The van der Waals surface area contributed by atoms with Gasteiger partial charge in [0.15, 0.2) is 16.5 Å². The number of nitrogens with zero attached hydrogens (tertiary/aromatic N) is 4. The van der Waals surface area contributed by atoms with Gasteiger partial charge >= 0.3 is 6.18 Å². The van der Waals surface area contributed by atoms with Crippen LogP contribution in [-0.4, -0.2) is 19.9 Å². The molecule has 0 amide bonds. The van der Waals surface area contributed by atoms with Gasteiger partial charge in [0.05, 0.1) is 16.1 Å². The normalized spacial score (nSPS) is 11.8. The molecule has 102 valence electrons. The average Bonchev–Trinajstić information content (AvgIpc) is 3.10. The van der Waals surface area contributed by atoms with Crippen LogP contribution in [0.15, 0.2) is 29.4 Å². The van der Waals surface area contributed by atoms with Crippen LogP contribution in [-0.2, 0) is 6.18 Å². The van der Waals surface area contributed by atoms with E-state index in [-0.39, 0.29) is 10.8 Å². The molecule has 4 nitrogen and oxygen atoms in total. The van der Waals surface area contributed by atoms with Crippen LogP contribution in [0.5, 0.6) is 0 Å². The van der Waals surface area contributed by atoms with Crippen molar-refractivity contribution in [2.45, 2.75) is 6.18 Å². The molecule has 0 aromatic carbocycles. The predicted molar refractivity (Wildman–Crippen MR) is 69.3 cm³/mol. The standard InChI is InChI=1S/C11H5F3N4S2/c12-11(13,14)8-4-19-10(18-8)9-16-2-1-6(17-9)7-3-15-5-20-7/h1-5H. The van der Waals surface area contributed by atoms with E-state index in [1.54, 1.807) is 17.8 Å². The maximum absolute atomic E-state index is 12.5. The van der Waals surface area contributed by atoms with E-state index in [1.165, 1.54) is 17.5 Å². The van der Waals surface area contributed by atoms with Crippen LogP contribution < -0.4 is 0 Å². The molecule has 20 heavy (non-hydrogen) atoms. The molecule has 3 heterocycles. The SMILES string of the molecule is FC(F)(F)c1csc(-c2nccc(-c3cncs3)n2)n1. The monoisotopic (exact) mass is 314 g/mol. The molecule has 0 fully saturated rings. The Hall–Kier alpha value is -1.87. The summed E-state index contributed by atoms with van der Waals surface area (Å²) in [5.41, 5.74) is 1.34. The molecular weight excluding hydrogens is 309 g/mol. The molecule has 0 bridgehead atoms. The van der Waals surface area contributed by atoms with Crippen molar-refractivity contribution in [3.8, 4) is 21.4 Å². The van der Waals surface area contributed by atoms with Crippen molar-refractivity contribution in [2.24, 2.45) is 0 Å². The van der Waals surface area contributed by atoms with E-state index in [9.17, 15) is 13.2 Å². The minimum atomic E-state index is -4.45. The number of rotatable bonds is 2. The van der Waals surface area contributed by atoms with Gasteiger partial charge in [-0.1, -0.05) is 0 Å². The van der Waals surface area contributed by atoms with E-state index in [4.69, 9.17) is 0 Å². The third-order valence-corrected chi connectivity index (χ3v) is 3.96. The van der Waals surface area contributed by atoms with Gasteiger partial charge in [0, 0.05) is 17.8 Å². The van der Waals surface area contributed by atoms with Crippen LogP contribution in [0.25, 0.3) is 21.4 Å². The van der Waals surface area contributed by atoms with Gasteiger partial charge in [0.1, 0.15) is 0 Å². The summed E-state index contributed by atoms with van der Waals surface area (Å²) in [6.07, 6.45) is -1.32. The van der Waals surface area contributed by atoms with Crippen LogP contribution in [0.2, 0.25) is 0 Å². The molecule has 0 saturated carbocycles. The highest BCUT2D eigenvalue weighted by Gasteiger charge is 2.34. The van der Waals surface area contributed by atoms with Gasteiger partial charge < -0.3 is 0 Å². The van der Waals surface area contributed by atoms with Crippen LogP contribution >= 0.6 is 22.7 Å². The highest BCUT2D eigenvalue weighted by molar-refractivity contribution is 7.13. The number of thiazole rings is 2. The van der Waals surface area contributed by atoms with Gasteiger partial charge in [-0.05, 0) is 6.07 Å². The highest BCUT2D eigenvalue weighted by atomic mass is 32.1. The van der Waals surface area contributed by atoms with E-state index in [1.807, 2.05) is 0 Å². The van der Waals surface area contributed by atoms with Gasteiger partial charge in [-0.3, -0.25) is 4.98 Å². The second-order valence-electron chi connectivity index (χ2n) is 3.67. The first kappa shape index (κ1) is 13.1. The van der Waals surface area contributed by atoms with Gasteiger partial charge in [0.2, 0.25) is 0 Å². The molecule has 0 radical (unpaired) electrons. The Morgan fingerprint density at radius 2 is 1.95 bits per heavy atom. The van der Waals surface area contributed by atoms with Crippen molar-refractivity contribution in [3.05, 3.63) is 35.0 Å². The van der Waals surface area contributed by atoms with Crippen molar-refractivity contribution in [2.75, 3.05) is 0 Å². The zero-order valence-electron chi connectivity index (χ0n) is 9.63. The number of halogens is 3. The summed E-state index contributed by atoms with van der Waals surface area (Å²) in [6, 6.07) is 1.68. The molecule has 3 aromatic rings. The Labute approximate surface area is 119 Å². The van der Waals surface area contributed by atoms with E-state index in [2.05, 4.69) is 19.9 Å². The first-order valence-corrected chi connectivity index (χ1v) is 7.05. The molecular formula is C11H5F3N4S2. The van der Waals surface area contributed by atoms with Crippen LogP contribution in [0, 0.1) is 0 Å². The molecule has 0 spiro atoms. The number of hydrogen-bond acceptors (Lipinski definition) is 6. The second kappa shape index (κ2) is 4.91. The maximum Gasteiger partial charge on any atom is 0.434 e. The fraction of sp³-hybridized carbons (Fsp3) is 0.0909. The molecule has 0 saturated heterocycles. The van der Waals surface area contributed by atoms with Crippen LogP contribution in [0.4, 0.5) is 13.2 Å². The van der Waals surface area contributed by atoms with E-state index < -0.39 is 11.9 Å². The number of alkyl halides is 3. The van der Waals surface area contributed by atoms with Crippen molar-refractivity contribution < 1.29 is 13.2 Å². The summed E-state index contributed by atoms with van der Waals surface area (Å²) in [5, 5.41) is 1.10. The van der Waals surface area contributed by atoms with Crippen molar-refractivity contribution >= 4 is 22.7 Å². The van der Waals surface area contributed by atoms with Gasteiger partial charge in [0.25, 0.3) is 0 Å². The summed E-state index contributed by atoms with van der Waals surface area (Å²) in [5.74, 6) is 0.177. The largest absolute Gasteiger partial charge is 0.434 e. The smallest absolute Gasteiger partial charge is 0.252 e. The molecule has 0 aliphatic rings. The molecule has 0 atom stereocenters. The lowest BCUT2D eigenvalue weighted by Gasteiger charge is -2.00. The Balaban J connectivity index is 1.99. The molecule has 0 aliphatic carbocycles. The van der Waals surface area contributed by atoms with E-state index in [0.29, 0.717) is 5.69 Å².